The minimum Gasteiger partial charge on any atom is -0.386 e. The number of likely N-dealkylation sites (tertiary alicyclic amines) is 1. The Kier molecular flexibility index (Phi) is 2.21. The van der Waals surface area contributed by atoms with Crippen LogP contribution in [-0.4, -0.2) is 54.2 Å². The van der Waals surface area contributed by atoms with Gasteiger partial charge >= 0.3 is 0 Å². The lowest BCUT2D eigenvalue weighted by Crippen LogP contribution is -2.64. The van der Waals surface area contributed by atoms with Gasteiger partial charge in [0.1, 0.15) is 11.9 Å². The summed E-state index contributed by atoms with van der Waals surface area (Å²) < 4.78 is 1.56. The van der Waals surface area contributed by atoms with E-state index < -0.39 is 5.60 Å². The van der Waals surface area contributed by atoms with Gasteiger partial charge in [0.2, 0.25) is 0 Å². The first-order valence-corrected chi connectivity index (χ1v) is 6.75. The Morgan fingerprint density at radius 2 is 2.15 bits per heavy atom. The second-order valence-electron chi connectivity index (χ2n) is 5.77. The van der Waals surface area contributed by atoms with Gasteiger partial charge in [0.15, 0.2) is 0 Å². The number of β-amino-alcohol motifs (C(OH)–C–C–N with tert-alkyl or cyclic N) is 1. The maximum Gasteiger partial charge on any atom is 0.257 e. The number of rotatable bonds is 2. The first-order valence-electron chi connectivity index (χ1n) is 6.75. The van der Waals surface area contributed by atoms with E-state index >= 15 is 0 Å². The van der Waals surface area contributed by atoms with E-state index in [0.717, 1.165) is 18.5 Å². The number of carbonyl (C=O) groups excluding carboxylic acids is 1. The van der Waals surface area contributed by atoms with Crippen LogP contribution >= 0.6 is 0 Å². The molecule has 1 aliphatic heterocycles. The molecule has 2 fully saturated rings. The number of carbonyl (C=O) groups is 1. The minimum atomic E-state index is -0.658. The molecule has 1 aliphatic carbocycles. The van der Waals surface area contributed by atoms with E-state index in [1.165, 1.54) is 12.5 Å². The summed E-state index contributed by atoms with van der Waals surface area (Å²) in [6, 6.07) is 0. The number of aryl methyl sites for hydroxylation is 1. The third-order valence-electron chi connectivity index (χ3n) is 4.33. The SMILES string of the molecule is Cc1c(C(=O)N2CC(O)(C3CC3)C2)cnc2ncnn12. The topological polar surface area (TPSA) is 83.6 Å². The summed E-state index contributed by atoms with van der Waals surface area (Å²) in [7, 11) is 0. The molecule has 1 N–H and O–H groups in total. The zero-order valence-corrected chi connectivity index (χ0v) is 11.2. The molecular weight excluding hydrogens is 258 g/mol. The molecule has 3 heterocycles. The van der Waals surface area contributed by atoms with Gasteiger partial charge in [-0.2, -0.15) is 10.1 Å². The van der Waals surface area contributed by atoms with Crippen molar-refractivity contribution < 1.29 is 9.90 Å². The van der Waals surface area contributed by atoms with Gasteiger partial charge in [-0.05, 0) is 25.7 Å². The average molecular weight is 273 g/mol. The molecule has 2 aromatic heterocycles. The predicted molar refractivity (Wildman–Crippen MR) is 69.1 cm³/mol. The molecule has 0 spiro atoms. The number of amides is 1. The van der Waals surface area contributed by atoms with E-state index in [9.17, 15) is 9.90 Å². The fourth-order valence-corrected chi connectivity index (χ4v) is 2.91. The number of aliphatic hydroxyl groups is 1. The van der Waals surface area contributed by atoms with Crippen molar-refractivity contribution >= 4 is 11.7 Å². The molecule has 2 aliphatic rings. The molecule has 4 rings (SSSR count). The van der Waals surface area contributed by atoms with Gasteiger partial charge in [-0.3, -0.25) is 4.79 Å². The van der Waals surface area contributed by atoms with Crippen molar-refractivity contribution in [3.63, 3.8) is 0 Å². The van der Waals surface area contributed by atoms with Crippen LogP contribution in [0.5, 0.6) is 0 Å². The van der Waals surface area contributed by atoms with Crippen molar-refractivity contribution in [2.45, 2.75) is 25.4 Å². The number of nitrogens with zero attached hydrogens (tertiary/aromatic N) is 5. The third-order valence-corrected chi connectivity index (χ3v) is 4.33. The fourth-order valence-electron chi connectivity index (χ4n) is 2.91. The van der Waals surface area contributed by atoms with Crippen molar-refractivity contribution in [3.8, 4) is 0 Å². The first kappa shape index (κ1) is 11.8. The maximum absolute atomic E-state index is 12.5. The lowest BCUT2D eigenvalue weighted by atomic mass is 9.88. The molecule has 0 aromatic carbocycles. The van der Waals surface area contributed by atoms with Gasteiger partial charge in [0.25, 0.3) is 11.7 Å². The van der Waals surface area contributed by atoms with E-state index in [1.54, 1.807) is 9.42 Å². The minimum absolute atomic E-state index is 0.0993. The number of hydrogen-bond acceptors (Lipinski definition) is 5. The lowest BCUT2D eigenvalue weighted by Gasteiger charge is -2.47. The van der Waals surface area contributed by atoms with Crippen LogP contribution in [0.15, 0.2) is 12.5 Å². The molecule has 7 nitrogen and oxygen atoms in total. The number of fused-ring (bicyclic) bond motifs is 1. The Bertz CT molecular complexity index is 700. The summed E-state index contributed by atoms with van der Waals surface area (Å²) in [6.45, 7) is 2.67. The zero-order valence-electron chi connectivity index (χ0n) is 11.2. The second-order valence-corrected chi connectivity index (χ2v) is 5.77. The Morgan fingerprint density at radius 1 is 1.40 bits per heavy atom. The highest BCUT2D eigenvalue weighted by Crippen LogP contribution is 2.44. The van der Waals surface area contributed by atoms with Gasteiger partial charge in [-0.1, -0.05) is 0 Å². The Morgan fingerprint density at radius 3 is 2.85 bits per heavy atom. The van der Waals surface area contributed by atoms with Gasteiger partial charge in [-0.25, -0.2) is 9.50 Å². The van der Waals surface area contributed by atoms with Crippen LogP contribution in [-0.2, 0) is 0 Å². The largest absolute Gasteiger partial charge is 0.386 e. The monoisotopic (exact) mass is 273 g/mol. The van der Waals surface area contributed by atoms with Crippen LogP contribution in [0.25, 0.3) is 5.78 Å². The smallest absolute Gasteiger partial charge is 0.257 e. The fraction of sp³-hybridized carbons (Fsp3) is 0.538. The van der Waals surface area contributed by atoms with Gasteiger partial charge < -0.3 is 10.0 Å². The van der Waals surface area contributed by atoms with Gasteiger partial charge in [0.05, 0.1) is 24.3 Å². The molecule has 1 saturated carbocycles. The molecule has 2 aromatic rings. The number of hydrogen-bond donors (Lipinski definition) is 1. The number of aromatic nitrogens is 4. The molecule has 1 saturated heterocycles. The molecule has 20 heavy (non-hydrogen) atoms. The average Bonchev–Trinajstić information content (AvgIpc) is 3.13. The summed E-state index contributed by atoms with van der Waals surface area (Å²) in [6.07, 6.45) is 5.10. The summed E-state index contributed by atoms with van der Waals surface area (Å²) in [5.41, 5.74) is 0.578. The standard InChI is InChI=1S/C13H15N5O2/c1-8-10(4-14-12-15-7-16-18(8)12)11(19)17-5-13(20,6-17)9-2-3-9/h4,7,9,20H,2-3,5-6H2,1H3. The summed E-state index contributed by atoms with van der Waals surface area (Å²) in [5, 5.41) is 14.3. The molecule has 0 unspecified atom stereocenters. The van der Waals surface area contributed by atoms with Crippen molar-refractivity contribution in [2.24, 2.45) is 5.92 Å². The van der Waals surface area contributed by atoms with Crippen molar-refractivity contribution in [1.82, 2.24) is 24.5 Å². The molecule has 0 radical (unpaired) electrons. The lowest BCUT2D eigenvalue weighted by molar-refractivity contribution is -0.0958. The van der Waals surface area contributed by atoms with E-state index in [4.69, 9.17) is 0 Å². The van der Waals surface area contributed by atoms with Crippen LogP contribution in [0.2, 0.25) is 0 Å². The van der Waals surface area contributed by atoms with Crippen LogP contribution in [0.3, 0.4) is 0 Å². The molecule has 0 atom stereocenters. The van der Waals surface area contributed by atoms with E-state index in [1.807, 2.05) is 6.92 Å². The quantitative estimate of drug-likeness (QED) is 0.834. The first-order chi connectivity index (χ1) is 9.58. The van der Waals surface area contributed by atoms with Crippen LogP contribution in [0.1, 0.15) is 28.9 Å². The maximum atomic E-state index is 12.5. The van der Waals surface area contributed by atoms with Crippen molar-refractivity contribution in [3.05, 3.63) is 23.8 Å². The van der Waals surface area contributed by atoms with Crippen LogP contribution in [0, 0.1) is 12.8 Å². The third kappa shape index (κ3) is 1.56. The second kappa shape index (κ2) is 3.76. The Hall–Kier alpha value is -2.02. The normalized spacial score (nSPS) is 21.0. The van der Waals surface area contributed by atoms with E-state index in [0.29, 0.717) is 30.3 Å². The Labute approximate surface area is 115 Å². The molecule has 0 bridgehead atoms. The van der Waals surface area contributed by atoms with E-state index in [-0.39, 0.29) is 5.91 Å². The van der Waals surface area contributed by atoms with Crippen LogP contribution in [0.4, 0.5) is 0 Å². The molecule has 1 amide bonds. The predicted octanol–water partition coefficient (Wildman–Crippen LogP) is 0.0296. The summed E-state index contributed by atoms with van der Waals surface area (Å²) in [5.74, 6) is 0.762. The highest BCUT2D eigenvalue weighted by atomic mass is 16.3. The summed E-state index contributed by atoms with van der Waals surface area (Å²) >= 11 is 0. The van der Waals surface area contributed by atoms with Crippen molar-refractivity contribution in [1.29, 1.82) is 0 Å². The molecule has 7 heteroatoms. The highest BCUT2D eigenvalue weighted by Gasteiger charge is 2.53. The van der Waals surface area contributed by atoms with Gasteiger partial charge in [0, 0.05) is 6.20 Å². The Balaban J connectivity index is 1.60. The van der Waals surface area contributed by atoms with E-state index in [2.05, 4.69) is 15.1 Å². The summed E-state index contributed by atoms with van der Waals surface area (Å²) in [4.78, 5) is 22.2. The van der Waals surface area contributed by atoms with Crippen LogP contribution < -0.4 is 0 Å². The van der Waals surface area contributed by atoms with Crippen molar-refractivity contribution in [2.75, 3.05) is 13.1 Å². The molecule has 104 valence electrons. The molecular formula is C13H15N5O2. The zero-order chi connectivity index (χ0) is 13.9. The highest BCUT2D eigenvalue weighted by molar-refractivity contribution is 5.95. The van der Waals surface area contributed by atoms with Gasteiger partial charge in [-0.15, -0.1) is 0 Å².